The van der Waals surface area contributed by atoms with Gasteiger partial charge in [-0.1, -0.05) is 19.1 Å². The maximum absolute atomic E-state index is 13.7. The molecular weight excluding hydrogens is 609 g/mol. The Morgan fingerprint density at radius 3 is 2.62 bits per heavy atom. The quantitative estimate of drug-likeness (QED) is 0.128. The zero-order chi connectivity index (χ0) is 29.1. The van der Waals surface area contributed by atoms with Gasteiger partial charge in [-0.25, -0.2) is 27.2 Å². The molecule has 0 aliphatic carbocycles. The van der Waals surface area contributed by atoms with E-state index in [-0.39, 0.29) is 47.0 Å². The van der Waals surface area contributed by atoms with Crippen LogP contribution in [0.2, 0.25) is 0 Å². The van der Waals surface area contributed by atoms with Gasteiger partial charge in [-0.05, 0) is 75.0 Å². The Bertz CT molecular complexity index is 1460. The number of aliphatic imine (C=N–C) groups is 1. The molecule has 0 saturated carbocycles. The molecule has 1 heterocycles. The van der Waals surface area contributed by atoms with Crippen molar-refractivity contribution in [3.05, 3.63) is 64.0 Å². The number of carbonyl (C=O) groups is 1. The van der Waals surface area contributed by atoms with Crippen molar-refractivity contribution < 1.29 is 27.1 Å². The lowest BCUT2D eigenvalue weighted by Gasteiger charge is -2.11. The number of nitrogens with one attached hydrogen (secondary N) is 2. The first kappa shape index (κ1) is 30.7. The lowest BCUT2D eigenvalue weighted by Crippen LogP contribution is -2.29. The van der Waals surface area contributed by atoms with Gasteiger partial charge in [0, 0.05) is 39.0 Å². The lowest BCUT2D eigenvalue weighted by atomic mass is 10.2. The fraction of sp³-hybridized carbons (Fsp3) is 0.320. The summed E-state index contributed by atoms with van der Waals surface area (Å²) in [6.07, 6.45) is 2.25. The van der Waals surface area contributed by atoms with Crippen LogP contribution in [0.25, 0.3) is 0 Å². The van der Waals surface area contributed by atoms with E-state index in [1.165, 1.54) is 24.4 Å². The zero-order valence-corrected chi connectivity index (χ0v) is 24.5. The summed E-state index contributed by atoms with van der Waals surface area (Å²) in [6, 6.07) is 11.4. The highest BCUT2D eigenvalue weighted by Crippen LogP contribution is 2.23. The molecule has 0 atom stereocenters. The lowest BCUT2D eigenvalue weighted by molar-refractivity contribution is -0.147. The van der Waals surface area contributed by atoms with Gasteiger partial charge in [-0.3, -0.25) is 0 Å². The van der Waals surface area contributed by atoms with Crippen LogP contribution in [0.5, 0.6) is 0 Å². The third-order valence-corrected chi connectivity index (χ3v) is 7.05. The fourth-order valence-electron chi connectivity index (χ4n) is 3.14. The van der Waals surface area contributed by atoms with Gasteiger partial charge in [0.25, 0.3) is 10.0 Å². The summed E-state index contributed by atoms with van der Waals surface area (Å²) in [4.78, 5) is 23.2. The predicted molar refractivity (Wildman–Crippen MR) is 154 cm³/mol. The molecule has 2 N–H and O–H groups in total. The Morgan fingerprint density at radius 2 is 1.95 bits per heavy atom. The highest BCUT2D eigenvalue weighted by molar-refractivity contribution is 9.10. The van der Waals surface area contributed by atoms with Crippen molar-refractivity contribution in [2.45, 2.75) is 26.2 Å². The highest BCUT2D eigenvalue weighted by atomic mass is 79.9. The molecule has 3 rings (SSSR count). The van der Waals surface area contributed by atoms with Crippen molar-refractivity contribution >= 4 is 61.2 Å². The maximum atomic E-state index is 13.7. The van der Waals surface area contributed by atoms with Crippen LogP contribution in [0.1, 0.15) is 37.4 Å². The molecule has 12 nitrogen and oxygen atoms in total. The van der Waals surface area contributed by atoms with Crippen LogP contribution in [0.15, 0.2) is 61.0 Å². The Balaban J connectivity index is 1.65. The molecular formula is C25H29BrFN7O5S. The van der Waals surface area contributed by atoms with E-state index >= 15 is 0 Å². The molecule has 0 aliphatic heterocycles. The molecule has 0 spiro atoms. The number of halogens is 2. The summed E-state index contributed by atoms with van der Waals surface area (Å²) in [5, 5.41) is 10.6. The average Bonchev–Trinajstić information content (AvgIpc) is 3.39. The highest BCUT2D eigenvalue weighted by Gasteiger charge is 2.19. The van der Waals surface area contributed by atoms with Crippen LogP contribution >= 0.6 is 15.9 Å². The van der Waals surface area contributed by atoms with Crippen LogP contribution in [0.4, 0.5) is 21.6 Å². The number of benzene rings is 2. The maximum Gasteiger partial charge on any atom is 0.332 e. The predicted octanol–water partition coefficient (Wildman–Crippen LogP) is 4.21. The molecule has 0 bridgehead atoms. The van der Waals surface area contributed by atoms with Crippen LogP contribution in [-0.2, 0) is 19.7 Å². The second kappa shape index (κ2) is 14.5. The van der Waals surface area contributed by atoms with Crippen molar-refractivity contribution in [2.75, 3.05) is 36.6 Å². The number of sulfonamides is 1. The number of anilines is 2. The van der Waals surface area contributed by atoms with E-state index in [1.807, 2.05) is 38.1 Å². The molecule has 1 aromatic heterocycles. The molecule has 0 radical (unpaired) electrons. The molecule has 15 heteroatoms. The summed E-state index contributed by atoms with van der Waals surface area (Å²) in [5.41, 5.74) is 4.49. The van der Waals surface area contributed by atoms with E-state index in [2.05, 4.69) is 46.4 Å². The molecule has 0 aliphatic rings. The van der Waals surface area contributed by atoms with Crippen LogP contribution in [0.3, 0.4) is 0 Å². The second-order valence-electron chi connectivity index (χ2n) is 8.63. The minimum atomic E-state index is -3.71. The van der Waals surface area contributed by atoms with Crippen LogP contribution in [0, 0.1) is 5.82 Å². The molecule has 3 aromatic rings. The number of rotatable bonds is 12. The smallest absolute Gasteiger partial charge is 0.332 e. The van der Waals surface area contributed by atoms with E-state index < -0.39 is 21.8 Å². The number of carbonyl (C=O) groups excluding carboxylic acids is 1. The topological polar surface area (TPSA) is 151 Å². The largest absolute Gasteiger partial charge is 0.378 e. The second-order valence-corrected chi connectivity index (χ2v) is 11.3. The van der Waals surface area contributed by atoms with E-state index in [0.29, 0.717) is 17.7 Å². The number of hydrogen-bond donors (Lipinski definition) is 2. The minimum Gasteiger partial charge on any atom is -0.378 e. The van der Waals surface area contributed by atoms with E-state index in [9.17, 15) is 17.6 Å². The first-order valence-electron chi connectivity index (χ1n) is 12.2. The van der Waals surface area contributed by atoms with Gasteiger partial charge < -0.3 is 15.1 Å². The van der Waals surface area contributed by atoms with Gasteiger partial charge >= 0.3 is 5.97 Å². The van der Waals surface area contributed by atoms with Crippen molar-refractivity contribution in [3.63, 3.8) is 0 Å². The summed E-state index contributed by atoms with van der Waals surface area (Å²) in [7, 11) is 0.112. The molecule has 0 amide bonds. The van der Waals surface area contributed by atoms with Gasteiger partial charge in [0.05, 0.1) is 15.9 Å². The van der Waals surface area contributed by atoms with Crippen molar-refractivity contribution in [1.82, 2.24) is 15.8 Å². The van der Waals surface area contributed by atoms with Crippen molar-refractivity contribution in [1.29, 1.82) is 0 Å². The van der Waals surface area contributed by atoms with Crippen LogP contribution in [-0.4, -0.2) is 63.1 Å². The molecule has 0 saturated heterocycles. The first-order chi connectivity index (χ1) is 19.1. The number of amidine groups is 1. The molecule has 2 aromatic carbocycles. The Hall–Kier alpha value is -3.85. The van der Waals surface area contributed by atoms with Crippen molar-refractivity contribution in [3.8, 4) is 0 Å². The van der Waals surface area contributed by atoms with Crippen molar-refractivity contribution in [2.24, 2.45) is 9.39 Å². The summed E-state index contributed by atoms with van der Waals surface area (Å²) >= 11 is 3.10. The SMILES string of the molecule is CCCC(=O)ONC(=Nc1ccc(F)c(Br)c1)c1nonc1NCCCS(=O)(=O)N=Cc1ccc(N(C)C)cc1. The van der Waals surface area contributed by atoms with Gasteiger partial charge in [0.15, 0.2) is 11.5 Å². The van der Waals surface area contributed by atoms with Crippen LogP contribution < -0.4 is 15.7 Å². The number of hydroxylamine groups is 1. The van der Waals surface area contributed by atoms with E-state index in [1.54, 1.807) is 12.1 Å². The standard InChI is InChI=1S/C25H29BrFN7O5S/c1-4-6-22(35)38-32-25(30-18-9-12-21(27)20(26)15-18)23-24(33-39-31-23)28-13-5-14-40(36,37)29-16-17-7-10-19(11-8-17)34(2)3/h7-12,15-16H,4-6,13-14H2,1-3H3,(H,28,33)(H,30,32). The normalized spacial score (nSPS) is 12.0. The number of aromatic nitrogens is 2. The fourth-order valence-corrected chi connectivity index (χ4v) is 4.41. The van der Waals surface area contributed by atoms with E-state index in [4.69, 9.17) is 9.47 Å². The van der Waals surface area contributed by atoms with Gasteiger partial charge in [0.1, 0.15) is 5.82 Å². The number of nitrogens with zero attached hydrogens (tertiary/aromatic N) is 5. The zero-order valence-electron chi connectivity index (χ0n) is 22.1. The summed E-state index contributed by atoms with van der Waals surface area (Å²) in [5.74, 6) is -1.13. The Labute approximate surface area is 239 Å². The average molecular weight is 639 g/mol. The minimum absolute atomic E-state index is 0.0378. The molecule has 40 heavy (non-hydrogen) atoms. The first-order valence-corrected chi connectivity index (χ1v) is 14.6. The van der Waals surface area contributed by atoms with Gasteiger partial charge in [-0.2, -0.15) is 9.88 Å². The monoisotopic (exact) mass is 637 g/mol. The molecule has 0 fully saturated rings. The Morgan fingerprint density at radius 1 is 1.20 bits per heavy atom. The number of hydrogen-bond acceptors (Lipinski definition) is 10. The van der Waals surface area contributed by atoms with Gasteiger partial charge in [-0.15, -0.1) is 0 Å². The van der Waals surface area contributed by atoms with E-state index in [0.717, 1.165) is 5.69 Å². The third kappa shape index (κ3) is 9.41. The summed E-state index contributed by atoms with van der Waals surface area (Å²) in [6.45, 7) is 2.00. The summed E-state index contributed by atoms with van der Waals surface area (Å²) < 4.78 is 47.2. The third-order valence-electron chi connectivity index (χ3n) is 5.22. The Kier molecular flexibility index (Phi) is 11.1. The molecule has 214 valence electrons. The van der Waals surface area contributed by atoms with Gasteiger partial charge in [0.2, 0.25) is 5.82 Å². The molecule has 0 unspecified atom stereocenters.